The highest BCUT2D eigenvalue weighted by Gasteiger charge is 2.25. The number of nitrogens with two attached hydrogens (primary N) is 1. The molecule has 0 spiro atoms. The summed E-state index contributed by atoms with van der Waals surface area (Å²) in [5, 5.41) is 3.21. The molecular formula is C20H24N4O2S. The average Bonchev–Trinajstić information content (AvgIpc) is 3.11. The number of carbonyl (C=O) groups excluding carboxylic acids is 2. The molecule has 1 amide bonds. The van der Waals surface area contributed by atoms with E-state index in [1.54, 1.807) is 13.1 Å². The van der Waals surface area contributed by atoms with Gasteiger partial charge in [0, 0.05) is 18.8 Å². The van der Waals surface area contributed by atoms with Gasteiger partial charge in [-0.05, 0) is 44.0 Å². The van der Waals surface area contributed by atoms with E-state index in [1.807, 2.05) is 24.3 Å². The van der Waals surface area contributed by atoms with E-state index in [4.69, 9.17) is 5.73 Å². The third-order valence-electron chi connectivity index (χ3n) is 3.96. The van der Waals surface area contributed by atoms with Gasteiger partial charge in [-0.1, -0.05) is 24.8 Å². The minimum absolute atomic E-state index is 0.186. The Morgan fingerprint density at radius 2 is 2.15 bits per heavy atom. The summed E-state index contributed by atoms with van der Waals surface area (Å²) in [4.78, 5) is 33.8. The Labute approximate surface area is 162 Å². The summed E-state index contributed by atoms with van der Waals surface area (Å²) in [6, 6.07) is 6.92. The van der Waals surface area contributed by atoms with Crippen molar-refractivity contribution in [3.63, 3.8) is 0 Å². The fraction of sp³-hybridized carbons (Fsp3) is 0.300. The van der Waals surface area contributed by atoms with E-state index >= 15 is 0 Å². The molecule has 6 nitrogen and oxygen atoms in total. The van der Waals surface area contributed by atoms with Crippen molar-refractivity contribution in [3.05, 3.63) is 53.6 Å². The number of carbonyl (C=O) groups is 2. The number of aromatic nitrogens is 1. The normalized spacial score (nSPS) is 13.0. The molecule has 2 aromatic rings. The van der Waals surface area contributed by atoms with Crippen molar-refractivity contribution >= 4 is 39.5 Å². The van der Waals surface area contributed by atoms with Crippen LogP contribution in [0.5, 0.6) is 0 Å². The molecule has 1 heterocycles. The lowest BCUT2D eigenvalue weighted by molar-refractivity contribution is -0.117. The number of ketones is 1. The lowest BCUT2D eigenvalue weighted by Gasteiger charge is -2.16. The van der Waals surface area contributed by atoms with E-state index in [0.29, 0.717) is 23.5 Å². The number of fused-ring (bicyclic) bond motifs is 1. The summed E-state index contributed by atoms with van der Waals surface area (Å²) >= 11 is 1.34. The molecule has 1 aromatic carbocycles. The van der Waals surface area contributed by atoms with Crippen LogP contribution in [-0.4, -0.2) is 42.5 Å². The van der Waals surface area contributed by atoms with Crippen LogP contribution < -0.4 is 11.1 Å². The fourth-order valence-corrected chi connectivity index (χ4v) is 3.48. The SMILES string of the molecule is C=C/C(=C\C=N/C)C(=O)NC(CCCCN)C(=O)c1nc2ccccc2s1. The topological polar surface area (TPSA) is 97.4 Å². The molecule has 0 aliphatic carbocycles. The Kier molecular flexibility index (Phi) is 8.03. The van der Waals surface area contributed by atoms with Crippen LogP contribution >= 0.6 is 11.3 Å². The third-order valence-corrected chi connectivity index (χ3v) is 5.01. The van der Waals surface area contributed by atoms with Crippen LogP contribution in [0, 0.1) is 0 Å². The van der Waals surface area contributed by atoms with Crippen molar-refractivity contribution in [2.75, 3.05) is 13.6 Å². The Balaban J connectivity index is 2.22. The zero-order valence-corrected chi connectivity index (χ0v) is 16.2. The zero-order valence-electron chi connectivity index (χ0n) is 15.4. The first-order chi connectivity index (χ1) is 13.1. The van der Waals surface area contributed by atoms with E-state index in [-0.39, 0.29) is 11.7 Å². The second-order valence-corrected chi connectivity index (χ2v) is 6.93. The second kappa shape index (κ2) is 10.5. The maximum absolute atomic E-state index is 13.0. The summed E-state index contributed by atoms with van der Waals surface area (Å²) in [7, 11) is 1.61. The van der Waals surface area contributed by atoms with E-state index in [2.05, 4.69) is 21.9 Å². The number of nitrogens with zero attached hydrogens (tertiary/aromatic N) is 2. The molecule has 27 heavy (non-hydrogen) atoms. The molecule has 0 saturated heterocycles. The summed E-state index contributed by atoms with van der Waals surface area (Å²) < 4.78 is 0.943. The number of allylic oxidation sites excluding steroid dienone is 1. The Hall–Kier alpha value is -2.64. The Bertz CT molecular complexity index is 837. The summed E-state index contributed by atoms with van der Waals surface area (Å²) in [6.07, 6.45) is 6.53. The molecule has 1 aromatic heterocycles. The predicted molar refractivity (Wildman–Crippen MR) is 111 cm³/mol. The number of Topliss-reactive ketones (excluding diaryl/α,β-unsaturated/α-hetero) is 1. The molecule has 3 N–H and O–H groups in total. The number of rotatable bonds is 10. The van der Waals surface area contributed by atoms with Gasteiger partial charge in [0.1, 0.15) is 0 Å². The van der Waals surface area contributed by atoms with Crippen LogP contribution in [0.1, 0.15) is 29.1 Å². The maximum atomic E-state index is 13.0. The van der Waals surface area contributed by atoms with Gasteiger partial charge in [-0.3, -0.25) is 14.6 Å². The largest absolute Gasteiger partial charge is 0.342 e. The standard InChI is InChI=1S/C20H24N4O2S/c1-3-14(11-13-22-2)19(26)23-16(9-6-7-12-21)18(25)20-24-15-8-4-5-10-17(15)27-20/h3-5,8,10-11,13,16H,1,6-7,9,12,21H2,2H3,(H,23,26)/b14-11+,22-13-. The van der Waals surface area contributed by atoms with Gasteiger partial charge >= 0.3 is 0 Å². The summed E-state index contributed by atoms with van der Waals surface area (Å²) in [5.41, 5.74) is 6.69. The van der Waals surface area contributed by atoms with Gasteiger partial charge in [0.2, 0.25) is 5.78 Å². The van der Waals surface area contributed by atoms with Gasteiger partial charge in [-0.15, -0.1) is 11.3 Å². The van der Waals surface area contributed by atoms with Crippen LogP contribution in [0.3, 0.4) is 0 Å². The van der Waals surface area contributed by atoms with Crippen molar-refractivity contribution in [2.24, 2.45) is 10.7 Å². The number of hydrogen-bond donors (Lipinski definition) is 2. The van der Waals surface area contributed by atoms with Crippen molar-refractivity contribution in [1.82, 2.24) is 10.3 Å². The van der Waals surface area contributed by atoms with Gasteiger partial charge in [-0.25, -0.2) is 4.98 Å². The molecule has 2 rings (SSSR count). The minimum Gasteiger partial charge on any atom is -0.342 e. The number of unbranched alkanes of at least 4 members (excludes halogenated alkanes) is 1. The van der Waals surface area contributed by atoms with E-state index < -0.39 is 6.04 Å². The smallest absolute Gasteiger partial charge is 0.251 e. The summed E-state index contributed by atoms with van der Waals surface area (Å²) in [5.74, 6) is -0.550. The summed E-state index contributed by atoms with van der Waals surface area (Å²) in [6.45, 7) is 4.19. The molecule has 0 saturated carbocycles. The molecular weight excluding hydrogens is 360 g/mol. The first-order valence-corrected chi connectivity index (χ1v) is 9.58. The maximum Gasteiger partial charge on any atom is 0.251 e. The van der Waals surface area contributed by atoms with Gasteiger partial charge in [0.15, 0.2) is 5.01 Å². The van der Waals surface area contributed by atoms with E-state index in [9.17, 15) is 9.59 Å². The van der Waals surface area contributed by atoms with Crippen molar-refractivity contribution in [2.45, 2.75) is 25.3 Å². The second-order valence-electron chi connectivity index (χ2n) is 5.89. The molecule has 1 unspecified atom stereocenters. The number of para-hydroxylation sites is 1. The molecule has 0 bridgehead atoms. The van der Waals surface area contributed by atoms with Crippen molar-refractivity contribution in [1.29, 1.82) is 0 Å². The number of thiazole rings is 1. The molecule has 0 radical (unpaired) electrons. The van der Waals surface area contributed by atoms with Crippen LogP contribution in [-0.2, 0) is 4.79 Å². The van der Waals surface area contributed by atoms with Gasteiger partial charge in [-0.2, -0.15) is 0 Å². The Morgan fingerprint density at radius 1 is 1.37 bits per heavy atom. The number of amides is 1. The lowest BCUT2D eigenvalue weighted by Crippen LogP contribution is -2.41. The quantitative estimate of drug-likeness (QED) is 0.216. The highest BCUT2D eigenvalue weighted by Crippen LogP contribution is 2.23. The molecule has 0 aliphatic heterocycles. The highest BCUT2D eigenvalue weighted by molar-refractivity contribution is 7.20. The molecule has 142 valence electrons. The lowest BCUT2D eigenvalue weighted by atomic mass is 10.0. The molecule has 0 fully saturated rings. The molecule has 7 heteroatoms. The van der Waals surface area contributed by atoms with Crippen molar-refractivity contribution < 1.29 is 9.59 Å². The monoisotopic (exact) mass is 384 g/mol. The van der Waals surface area contributed by atoms with Crippen LogP contribution in [0.25, 0.3) is 10.2 Å². The number of nitrogens with one attached hydrogen (secondary N) is 1. The van der Waals surface area contributed by atoms with E-state index in [0.717, 1.165) is 23.1 Å². The number of benzene rings is 1. The first kappa shape index (κ1) is 20.7. The van der Waals surface area contributed by atoms with Crippen LogP contribution in [0.4, 0.5) is 0 Å². The molecule has 1 atom stereocenters. The Morgan fingerprint density at radius 3 is 2.81 bits per heavy atom. The molecule has 0 aliphatic rings. The number of aliphatic imine (C=N–C) groups is 1. The average molecular weight is 385 g/mol. The van der Waals surface area contributed by atoms with Gasteiger partial charge in [0.25, 0.3) is 5.91 Å². The first-order valence-electron chi connectivity index (χ1n) is 8.76. The van der Waals surface area contributed by atoms with Gasteiger partial charge in [0.05, 0.1) is 16.3 Å². The third kappa shape index (κ3) is 5.67. The van der Waals surface area contributed by atoms with Gasteiger partial charge < -0.3 is 11.1 Å². The van der Waals surface area contributed by atoms with Crippen molar-refractivity contribution in [3.8, 4) is 0 Å². The zero-order chi connectivity index (χ0) is 19.6. The fourth-order valence-electron chi connectivity index (χ4n) is 2.52. The van der Waals surface area contributed by atoms with E-state index in [1.165, 1.54) is 23.6 Å². The predicted octanol–water partition coefficient (Wildman–Crippen LogP) is 2.91. The number of hydrogen-bond acceptors (Lipinski definition) is 6. The highest BCUT2D eigenvalue weighted by atomic mass is 32.1. The van der Waals surface area contributed by atoms with Crippen LogP contribution in [0.15, 0.2) is 53.6 Å². The van der Waals surface area contributed by atoms with Crippen LogP contribution in [0.2, 0.25) is 0 Å². The minimum atomic E-state index is -0.661.